The number of carbonyl (C=O) groups excluding carboxylic acids is 2. The normalized spacial score (nSPS) is 17.8. The van der Waals surface area contributed by atoms with Crippen LogP contribution in [0, 0.1) is 5.92 Å². The van der Waals surface area contributed by atoms with Crippen LogP contribution in [0.15, 0.2) is 0 Å². The quantitative estimate of drug-likeness (QED) is 0.523. The minimum absolute atomic E-state index is 0.0102. The van der Waals surface area contributed by atoms with Gasteiger partial charge in [-0.05, 0) is 26.7 Å². The number of carbonyl (C=O) groups is 2. The summed E-state index contributed by atoms with van der Waals surface area (Å²) >= 11 is 0. The maximum Gasteiger partial charge on any atom is 0.313 e. The summed E-state index contributed by atoms with van der Waals surface area (Å²) in [5, 5.41) is 0. The fraction of sp³-hybridized carbons (Fsp3) is 0.818. The lowest BCUT2D eigenvalue weighted by Crippen LogP contribution is -2.26. The highest BCUT2D eigenvalue weighted by Gasteiger charge is 2.24. The fourth-order valence-electron chi connectivity index (χ4n) is 1.61. The highest BCUT2D eigenvalue weighted by molar-refractivity contribution is 5.96. The van der Waals surface area contributed by atoms with Crippen LogP contribution < -0.4 is 0 Å². The molecule has 4 heteroatoms. The minimum Gasteiger partial charge on any atom is -0.463 e. The Labute approximate surface area is 89.9 Å². The van der Waals surface area contributed by atoms with E-state index in [2.05, 4.69) is 0 Å². The molecule has 0 aromatic rings. The molecule has 0 radical (unpaired) electrons. The maximum atomic E-state index is 11.6. The lowest BCUT2D eigenvalue weighted by molar-refractivity contribution is -0.150. The Morgan fingerprint density at radius 3 is 2.47 bits per heavy atom. The first-order valence-corrected chi connectivity index (χ1v) is 5.39. The molecule has 86 valence electrons. The van der Waals surface area contributed by atoms with Gasteiger partial charge in [0.25, 0.3) is 0 Å². The first kappa shape index (κ1) is 12.2. The van der Waals surface area contributed by atoms with E-state index in [-0.39, 0.29) is 24.2 Å². The van der Waals surface area contributed by atoms with Gasteiger partial charge in [0.15, 0.2) is 0 Å². The van der Waals surface area contributed by atoms with Gasteiger partial charge >= 0.3 is 5.97 Å². The predicted molar refractivity (Wildman–Crippen MR) is 54.4 cm³/mol. The van der Waals surface area contributed by atoms with Crippen molar-refractivity contribution in [3.63, 3.8) is 0 Å². The molecule has 1 aliphatic rings. The second-order valence-electron chi connectivity index (χ2n) is 4.07. The van der Waals surface area contributed by atoms with E-state index in [1.54, 1.807) is 13.8 Å². The average Bonchev–Trinajstić information content (AvgIpc) is 2.17. The molecule has 0 N–H and O–H groups in total. The van der Waals surface area contributed by atoms with Gasteiger partial charge in [-0.25, -0.2) is 0 Å². The number of hydrogen-bond acceptors (Lipinski definition) is 4. The van der Waals surface area contributed by atoms with Crippen molar-refractivity contribution in [3.8, 4) is 0 Å². The summed E-state index contributed by atoms with van der Waals surface area (Å²) in [6.07, 6.45) is 1.21. The molecular formula is C11H18O4. The number of Topliss-reactive ketones (excluding diaryl/α,β-unsaturated/α-hetero) is 1. The Kier molecular flexibility index (Phi) is 4.75. The van der Waals surface area contributed by atoms with Gasteiger partial charge in [0.2, 0.25) is 0 Å². The third-order valence-corrected chi connectivity index (χ3v) is 2.36. The largest absolute Gasteiger partial charge is 0.463 e. The van der Waals surface area contributed by atoms with Gasteiger partial charge in [0, 0.05) is 19.1 Å². The van der Waals surface area contributed by atoms with Crippen LogP contribution in [-0.4, -0.2) is 31.1 Å². The van der Waals surface area contributed by atoms with E-state index < -0.39 is 5.97 Å². The van der Waals surface area contributed by atoms with Gasteiger partial charge in [-0.15, -0.1) is 0 Å². The first-order valence-electron chi connectivity index (χ1n) is 5.39. The molecule has 4 nitrogen and oxygen atoms in total. The third kappa shape index (κ3) is 4.42. The molecule has 1 heterocycles. The van der Waals surface area contributed by atoms with Crippen molar-refractivity contribution in [3.05, 3.63) is 0 Å². The molecule has 1 rings (SSSR count). The van der Waals surface area contributed by atoms with Crippen molar-refractivity contribution in [1.82, 2.24) is 0 Å². The number of ether oxygens (including phenoxy) is 2. The van der Waals surface area contributed by atoms with Crippen LogP contribution in [-0.2, 0) is 19.1 Å². The van der Waals surface area contributed by atoms with Crippen molar-refractivity contribution < 1.29 is 19.1 Å². The van der Waals surface area contributed by atoms with E-state index >= 15 is 0 Å². The Morgan fingerprint density at radius 2 is 1.93 bits per heavy atom. The van der Waals surface area contributed by atoms with Gasteiger partial charge in [0.1, 0.15) is 12.2 Å². The van der Waals surface area contributed by atoms with E-state index in [1.807, 2.05) is 0 Å². The topological polar surface area (TPSA) is 52.6 Å². The first-order chi connectivity index (χ1) is 7.09. The van der Waals surface area contributed by atoms with E-state index in [0.29, 0.717) is 13.2 Å². The molecule has 0 saturated carbocycles. The summed E-state index contributed by atoms with van der Waals surface area (Å²) in [6, 6.07) is 0. The van der Waals surface area contributed by atoms with Gasteiger partial charge in [-0.3, -0.25) is 9.59 Å². The molecule has 0 amide bonds. The van der Waals surface area contributed by atoms with Crippen molar-refractivity contribution in [2.45, 2.75) is 39.2 Å². The zero-order valence-electron chi connectivity index (χ0n) is 9.32. The van der Waals surface area contributed by atoms with E-state index in [0.717, 1.165) is 12.8 Å². The second-order valence-corrected chi connectivity index (χ2v) is 4.07. The Morgan fingerprint density at radius 1 is 1.33 bits per heavy atom. The number of hydrogen-bond donors (Lipinski definition) is 0. The van der Waals surface area contributed by atoms with E-state index in [4.69, 9.17) is 9.47 Å². The minimum atomic E-state index is -0.415. The van der Waals surface area contributed by atoms with Crippen LogP contribution in [0.25, 0.3) is 0 Å². The van der Waals surface area contributed by atoms with Crippen LogP contribution in [0.3, 0.4) is 0 Å². The smallest absolute Gasteiger partial charge is 0.313 e. The van der Waals surface area contributed by atoms with Crippen molar-refractivity contribution in [2.75, 3.05) is 13.2 Å². The van der Waals surface area contributed by atoms with Crippen LogP contribution >= 0.6 is 0 Å². The van der Waals surface area contributed by atoms with E-state index in [1.165, 1.54) is 0 Å². The summed E-state index contributed by atoms with van der Waals surface area (Å²) in [5.74, 6) is -0.441. The van der Waals surface area contributed by atoms with Gasteiger partial charge in [-0.1, -0.05) is 0 Å². The number of rotatable bonds is 4. The van der Waals surface area contributed by atoms with Gasteiger partial charge in [0.05, 0.1) is 6.10 Å². The molecule has 0 aromatic carbocycles. The second kappa shape index (κ2) is 5.85. The molecule has 0 bridgehead atoms. The number of ketones is 1. The molecule has 0 atom stereocenters. The summed E-state index contributed by atoms with van der Waals surface area (Å²) in [4.78, 5) is 22.9. The zero-order chi connectivity index (χ0) is 11.3. The summed E-state index contributed by atoms with van der Waals surface area (Å²) in [5.41, 5.74) is 0. The molecular weight excluding hydrogens is 196 g/mol. The molecule has 15 heavy (non-hydrogen) atoms. The van der Waals surface area contributed by atoms with Gasteiger partial charge < -0.3 is 9.47 Å². The fourth-order valence-corrected chi connectivity index (χ4v) is 1.61. The summed E-state index contributed by atoms with van der Waals surface area (Å²) in [7, 11) is 0. The third-order valence-electron chi connectivity index (χ3n) is 2.36. The summed E-state index contributed by atoms with van der Waals surface area (Å²) in [6.45, 7) is 4.79. The summed E-state index contributed by atoms with van der Waals surface area (Å²) < 4.78 is 10.1. The molecule has 0 aliphatic carbocycles. The maximum absolute atomic E-state index is 11.6. The average molecular weight is 214 g/mol. The molecule has 0 spiro atoms. The lowest BCUT2D eigenvalue weighted by Gasteiger charge is -2.20. The van der Waals surface area contributed by atoms with Crippen molar-refractivity contribution in [1.29, 1.82) is 0 Å². The number of esters is 1. The monoisotopic (exact) mass is 214 g/mol. The standard InChI is InChI=1S/C11H18O4/c1-8(2)15-11(13)7-10(12)9-3-5-14-6-4-9/h8-9H,3-7H2,1-2H3. The lowest BCUT2D eigenvalue weighted by atomic mass is 9.94. The predicted octanol–water partition coefficient (Wildman–Crippen LogP) is 1.32. The van der Waals surface area contributed by atoms with E-state index in [9.17, 15) is 9.59 Å². The Hall–Kier alpha value is -0.900. The van der Waals surface area contributed by atoms with Crippen molar-refractivity contribution in [2.24, 2.45) is 5.92 Å². The van der Waals surface area contributed by atoms with Crippen LogP contribution in [0.5, 0.6) is 0 Å². The van der Waals surface area contributed by atoms with Crippen LogP contribution in [0.4, 0.5) is 0 Å². The molecule has 1 saturated heterocycles. The zero-order valence-corrected chi connectivity index (χ0v) is 9.32. The van der Waals surface area contributed by atoms with Gasteiger partial charge in [-0.2, -0.15) is 0 Å². The van der Waals surface area contributed by atoms with Crippen LogP contribution in [0.1, 0.15) is 33.1 Å². The van der Waals surface area contributed by atoms with Crippen LogP contribution in [0.2, 0.25) is 0 Å². The van der Waals surface area contributed by atoms with Crippen molar-refractivity contribution >= 4 is 11.8 Å². The molecule has 1 fully saturated rings. The molecule has 1 aliphatic heterocycles. The molecule has 0 aromatic heterocycles. The highest BCUT2D eigenvalue weighted by atomic mass is 16.5. The SMILES string of the molecule is CC(C)OC(=O)CC(=O)C1CCOCC1. The Bertz CT molecular complexity index is 229. The molecule has 0 unspecified atom stereocenters. The Balaban J connectivity index is 2.30. The highest BCUT2D eigenvalue weighted by Crippen LogP contribution is 2.17.